The van der Waals surface area contributed by atoms with Gasteiger partial charge in [-0.05, 0) is 42.5 Å². The van der Waals surface area contributed by atoms with Gasteiger partial charge in [0.2, 0.25) is 11.1 Å². The zero-order chi connectivity index (χ0) is 21.7. The molecular weight excluding hydrogens is 401 g/mol. The van der Waals surface area contributed by atoms with Crippen molar-refractivity contribution < 1.29 is 9.18 Å². The first kappa shape index (κ1) is 21.8. The maximum Gasteiger partial charge on any atom is 0.230 e. The Balaban J connectivity index is 1.56. The van der Waals surface area contributed by atoms with Crippen LogP contribution < -0.4 is 11.2 Å². The number of nitrogens with one attached hydrogen (secondary N) is 1. The van der Waals surface area contributed by atoms with Crippen LogP contribution in [0.5, 0.6) is 0 Å². The Morgan fingerprint density at radius 1 is 1.13 bits per heavy atom. The molecular formula is C22H26FN5OS. The second kappa shape index (κ2) is 9.75. The molecule has 0 aliphatic carbocycles. The molecule has 1 atom stereocenters. The van der Waals surface area contributed by atoms with Crippen molar-refractivity contribution >= 4 is 17.7 Å². The van der Waals surface area contributed by atoms with E-state index in [2.05, 4.69) is 41.5 Å². The quantitative estimate of drug-likeness (QED) is 0.420. The molecule has 1 unspecified atom stereocenters. The van der Waals surface area contributed by atoms with Crippen LogP contribution in [0.4, 0.5) is 4.39 Å². The van der Waals surface area contributed by atoms with Gasteiger partial charge in [-0.1, -0.05) is 62.0 Å². The zero-order valence-electron chi connectivity index (χ0n) is 17.3. The summed E-state index contributed by atoms with van der Waals surface area (Å²) in [6, 6.07) is 14.4. The van der Waals surface area contributed by atoms with Gasteiger partial charge in [0, 0.05) is 0 Å². The van der Waals surface area contributed by atoms with Crippen molar-refractivity contribution in [2.24, 2.45) is 5.92 Å². The minimum atomic E-state index is -0.431. The monoisotopic (exact) mass is 427 g/mol. The summed E-state index contributed by atoms with van der Waals surface area (Å²) in [6.07, 6.45) is 1.03. The molecule has 1 amide bonds. The molecule has 0 saturated heterocycles. The topological polar surface area (TPSA) is 85.8 Å². The average molecular weight is 428 g/mol. The first-order chi connectivity index (χ1) is 14.3. The number of halogens is 1. The Labute approximate surface area is 180 Å². The normalized spacial score (nSPS) is 12.2. The Hall–Kier alpha value is -2.87. The van der Waals surface area contributed by atoms with Gasteiger partial charge >= 0.3 is 0 Å². The number of nitrogens with zero attached hydrogens (tertiary/aromatic N) is 3. The molecule has 0 bridgehead atoms. The summed E-state index contributed by atoms with van der Waals surface area (Å²) >= 11 is 1.15. The predicted octanol–water partition coefficient (Wildman–Crippen LogP) is 3.97. The first-order valence-corrected chi connectivity index (χ1v) is 10.8. The Kier molecular flexibility index (Phi) is 7.10. The largest absolute Gasteiger partial charge is 0.349 e. The second-order valence-electron chi connectivity index (χ2n) is 7.57. The summed E-state index contributed by atoms with van der Waals surface area (Å²) in [7, 11) is 0. The van der Waals surface area contributed by atoms with Crippen molar-refractivity contribution in [3.05, 3.63) is 65.5 Å². The highest BCUT2D eigenvalue weighted by atomic mass is 32.2. The van der Waals surface area contributed by atoms with Crippen molar-refractivity contribution in [2.45, 2.75) is 38.4 Å². The summed E-state index contributed by atoms with van der Waals surface area (Å²) in [4.78, 5) is 12.4. The summed E-state index contributed by atoms with van der Waals surface area (Å²) in [6.45, 7) is 6.33. The molecule has 0 saturated carbocycles. The number of hydrogen-bond donors (Lipinski definition) is 2. The smallest absolute Gasteiger partial charge is 0.230 e. The molecule has 1 heterocycles. The molecule has 3 aromatic rings. The fourth-order valence-corrected chi connectivity index (χ4v) is 3.78. The van der Waals surface area contributed by atoms with Crippen LogP contribution in [-0.2, 0) is 11.2 Å². The number of carbonyl (C=O) groups excluding carboxylic acids is 1. The zero-order valence-corrected chi connectivity index (χ0v) is 18.1. The molecule has 1 aromatic heterocycles. The van der Waals surface area contributed by atoms with E-state index < -0.39 is 5.82 Å². The van der Waals surface area contributed by atoms with Crippen LogP contribution in [-0.4, -0.2) is 26.5 Å². The number of rotatable bonds is 8. The number of nitrogen functional groups attached to an aromatic ring is 1. The molecule has 0 spiro atoms. The van der Waals surface area contributed by atoms with Gasteiger partial charge in [0.1, 0.15) is 5.82 Å². The molecule has 2 aromatic carbocycles. The Morgan fingerprint density at radius 2 is 1.83 bits per heavy atom. The van der Waals surface area contributed by atoms with Crippen LogP contribution in [0.1, 0.15) is 37.9 Å². The summed E-state index contributed by atoms with van der Waals surface area (Å²) in [5, 5.41) is 11.3. The van der Waals surface area contributed by atoms with E-state index in [0.29, 0.717) is 11.1 Å². The molecule has 6 nitrogen and oxygen atoms in total. The predicted molar refractivity (Wildman–Crippen MR) is 118 cm³/mol. The van der Waals surface area contributed by atoms with Gasteiger partial charge in [-0.25, -0.2) is 9.07 Å². The summed E-state index contributed by atoms with van der Waals surface area (Å²) in [5.41, 5.74) is 2.60. The summed E-state index contributed by atoms with van der Waals surface area (Å²) < 4.78 is 15.2. The van der Waals surface area contributed by atoms with Gasteiger partial charge in [0.25, 0.3) is 0 Å². The highest BCUT2D eigenvalue weighted by Gasteiger charge is 2.17. The van der Waals surface area contributed by atoms with E-state index in [4.69, 9.17) is 5.84 Å². The van der Waals surface area contributed by atoms with Crippen molar-refractivity contribution in [1.82, 2.24) is 20.2 Å². The third-order valence-electron chi connectivity index (χ3n) is 4.61. The molecule has 8 heteroatoms. The van der Waals surface area contributed by atoms with E-state index in [9.17, 15) is 9.18 Å². The highest BCUT2D eigenvalue weighted by Crippen LogP contribution is 2.24. The molecule has 3 rings (SSSR count). The van der Waals surface area contributed by atoms with Gasteiger partial charge < -0.3 is 11.2 Å². The van der Waals surface area contributed by atoms with Crippen molar-refractivity contribution in [3.63, 3.8) is 0 Å². The Morgan fingerprint density at radius 3 is 2.50 bits per heavy atom. The van der Waals surface area contributed by atoms with Crippen molar-refractivity contribution in [3.8, 4) is 11.4 Å². The lowest BCUT2D eigenvalue weighted by Crippen LogP contribution is -2.28. The fraction of sp³-hybridized carbons (Fsp3) is 0.318. The van der Waals surface area contributed by atoms with Gasteiger partial charge in [0.15, 0.2) is 5.82 Å². The number of thioether (sulfide) groups is 1. The van der Waals surface area contributed by atoms with Crippen LogP contribution in [0.15, 0.2) is 53.7 Å². The number of amides is 1. The molecule has 30 heavy (non-hydrogen) atoms. The van der Waals surface area contributed by atoms with E-state index in [1.807, 2.05) is 19.1 Å². The third-order valence-corrected chi connectivity index (χ3v) is 5.56. The fourth-order valence-electron chi connectivity index (χ4n) is 3.11. The number of aromatic nitrogens is 3. The highest BCUT2D eigenvalue weighted by molar-refractivity contribution is 7.99. The van der Waals surface area contributed by atoms with Crippen LogP contribution in [0.25, 0.3) is 11.4 Å². The standard InChI is InChI=1S/C22H26FN5OS/c1-14(2)12-16-8-10-17(11-9-16)15(3)25-20(29)13-30-22-27-26-21(28(22)24)18-6-4-5-7-19(18)23/h4-11,14-15H,12-13,24H2,1-3H3,(H,25,29). The third kappa shape index (κ3) is 5.38. The SMILES string of the molecule is CC(C)Cc1ccc(C(C)NC(=O)CSc2nnc(-c3ccccc3F)n2N)cc1. The lowest BCUT2D eigenvalue weighted by Gasteiger charge is -2.15. The summed E-state index contributed by atoms with van der Waals surface area (Å²) in [5.74, 6) is 6.37. The molecule has 3 N–H and O–H groups in total. The molecule has 0 aliphatic heterocycles. The number of nitrogens with two attached hydrogens (primary N) is 1. The first-order valence-electron chi connectivity index (χ1n) is 9.81. The maximum absolute atomic E-state index is 14.0. The molecule has 0 aliphatic rings. The van der Waals surface area contributed by atoms with Crippen molar-refractivity contribution in [2.75, 3.05) is 11.6 Å². The van der Waals surface area contributed by atoms with Crippen LogP contribution >= 0.6 is 11.8 Å². The Bertz CT molecular complexity index is 1000. The number of carbonyl (C=O) groups is 1. The van der Waals surface area contributed by atoms with E-state index in [1.165, 1.54) is 16.3 Å². The minimum Gasteiger partial charge on any atom is -0.349 e. The van der Waals surface area contributed by atoms with E-state index >= 15 is 0 Å². The van der Waals surface area contributed by atoms with E-state index in [0.717, 1.165) is 23.7 Å². The average Bonchev–Trinajstić information content (AvgIpc) is 3.07. The van der Waals surface area contributed by atoms with Gasteiger partial charge in [-0.3, -0.25) is 4.79 Å². The minimum absolute atomic E-state index is 0.115. The van der Waals surface area contributed by atoms with Crippen molar-refractivity contribution in [1.29, 1.82) is 0 Å². The maximum atomic E-state index is 14.0. The van der Waals surface area contributed by atoms with E-state index in [-0.39, 0.29) is 29.1 Å². The van der Waals surface area contributed by atoms with Gasteiger partial charge in [-0.15, -0.1) is 10.2 Å². The molecule has 0 radical (unpaired) electrons. The van der Waals surface area contributed by atoms with Gasteiger partial charge in [-0.2, -0.15) is 0 Å². The number of hydrogen-bond acceptors (Lipinski definition) is 5. The van der Waals surface area contributed by atoms with E-state index in [1.54, 1.807) is 18.2 Å². The van der Waals surface area contributed by atoms with Crippen LogP contribution in [0, 0.1) is 11.7 Å². The van der Waals surface area contributed by atoms with Gasteiger partial charge in [0.05, 0.1) is 17.4 Å². The van der Waals surface area contributed by atoms with Crippen LogP contribution in [0.3, 0.4) is 0 Å². The molecule has 0 fully saturated rings. The lowest BCUT2D eigenvalue weighted by molar-refractivity contribution is -0.119. The number of benzene rings is 2. The molecule has 158 valence electrons. The van der Waals surface area contributed by atoms with Crippen LogP contribution in [0.2, 0.25) is 0 Å². The second-order valence-corrected chi connectivity index (χ2v) is 8.52. The lowest BCUT2D eigenvalue weighted by atomic mass is 10.00.